The molecule has 0 aromatic heterocycles. The lowest BCUT2D eigenvalue weighted by Gasteiger charge is -2.42. The van der Waals surface area contributed by atoms with E-state index in [1.807, 2.05) is 13.0 Å². The minimum absolute atomic E-state index is 0.132. The molecule has 2 rings (SSSR count). The van der Waals surface area contributed by atoms with Gasteiger partial charge < -0.3 is 5.11 Å². The zero-order chi connectivity index (χ0) is 12.7. The maximum atomic E-state index is 13.4. The molecule has 1 atom stereocenters. The van der Waals surface area contributed by atoms with Crippen LogP contribution in [0.2, 0.25) is 0 Å². The van der Waals surface area contributed by atoms with E-state index in [9.17, 15) is 9.50 Å². The standard InChI is InChI=1S/C15H21FO/c1-11-7-12(9-13(16)8-11)15(17)6-4-5-14(2,3)10-15/h7-9,17H,4-6,10H2,1-3H3. The van der Waals surface area contributed by atoms with Crippen LogP contribution in [-0.2, 0) is 5.60 Å². The van der Waals surface area contributed by atoms with E-state index in [0.29, 0.717) is 6.42 Å². The first kappa shape index (κ1) is 12.6. The Balaban J connectivity index is 2.37. The van der Waals surface area contributed by atoms with Crippen LogP contribution in [0, 0.1) is 18.2 Å². The van der Waals surface area contributed by atoms with Crippen molar-refractivity contribution in [2.45, 2.75) is 52.1 Å². The Labute approximate surface area is 103 Å². The van der Waals surface area contributed by atoms with Crippen LogP contribution in [0.4, 0.5) is 4.39 Å². The summed E-state index contributed by atoms with van der Waals surface area (Å²) in [5.74, 6) is -0.253. The Bertz CT molecular complexity index is 405. The van der Waals surface area contributed by atoms with Crippen molar-refractivity contribution in [3.63, 3.8) is 0 Å². The van der Waals surface area contributed by atoms with Gasteiger partial charge in [0, 0.05) is 0 Å². The molecule has 1 saturated carbocycles. The van der Waals surface area contributed by atoms with Crippen molar-refractivity contribution in [2.24, 2.45) is 5.41 Å². The first-order chi connectivity index (χ1) is 7.81. The molecule has 0 heterocycles. The second-order valence-electron chi connectivity index (χ2n) is 6.24. The van der Waals surface area contributed by atoms with Crippen molar-refractivity contribution in [3.05, 3.63) is 35.1 Å². The SMILES string of the molecule is Cc1cc(F)cc(C2(O)CCCC(C)(C)C2)c1. The van der Waals surface area contributed by atoms with Crippen LogP contribution in [0.25, 0.3) is 0 Å². The lowest BCUT2D eigenvalue weighted by molar-refractivity contribution is -0.0442. The Hall–Kier alpha value is -0.890. The van der Waals surface area contributed by atoms with Crippen LogP contribution in [-0.4, -0.2) is 5.11 Å². The predicted molar refractivity (Wildman–Crippen MR) is 67.3 cm³/mol. The molecular formula is C15H21FO. The van der Waals surface area contributed by atoms with Crippen molar-refractivity contribution in [2.75, 3.05) is 0 Å². The third-order valence-electron chi connectivity index (χ3n) is 3.79. The van der Waals surface area contributed by atoms with Crippen molar-refractivity contribution >= 4 is 0 Å². The van der Waals surface area contributed by atoms with Gasteiger partial charge in [-0.05, 0) is 61.3 Å². The van der Waals surface area contributed by atoms with Gasteiger partial charge in [0.25, 0.3) is 0 Å². The molecular weight excluding hydrogens is 215 g/mol. The first-order valence-corrected chi connectivity index (χ1v) is 6.31. The average molecular weight is 236 g/mol. The molecule has 1 aromatic rings. The van der Waals surface area contributed by atoms with Gasteiger partial charge in [0.1, 0.15) is 5.82 Å². The highest BCUT2D eigenvalue weighted by atomic mass is 19.1. The Morgan fingerprint density at radius 2 is 1.88 bits per heavy atom. The smallest absolute Gasteiger partial charge is 0.123 e. The highest BCUT2D eigenvalue weighted by molar-refractivity contribution is 5.29. The van der Waals surface area contributed by atoms with Gasteiger partial charge in [0.2, 0.25) is 0 Å². The van der Waals surface area contributed by atoms with E-state index < -0.39 is 5.60 Å². The van der Waals surface area contributed by atoms with Crippen molar-refractivity contribution in [1.29, 1.82) is 0 Å². The Morgan fingerprint density at radius 3 is 2.47 bits per heavy atom. The summed E-state index contributed by atoms with van der Waals surface area (Å²) in [6, 6.07) is 4.89. The van der Waals surface area contributed by atoms with E-state index in [0.717, 1.165) is 30.4 Å². The van der Waals surface area contributed by atoms with Crippen LogP contribution in [0.3, 0.4) is 0 Å². The van der Waals surface area contributed by atoms with Gasteiger partial charge in [0.15, 0.2) is 0 Å². The number of aryl methyl sites for hydroxylation is 1. The highest BCUT2D eigenvalue weighted by Gasteiger charge is 2.39. The molecule has 0 spiro atoms. The van der Waals surface area contributed by atoms with Crippen LogP contribution >= 0.6 is 0 Å². The second kappa shape index (κ2) is 4.09. The molecule has 1 nitrogen and oxygen atoms in total. The Kier molecular flexibility index (Phi) is 3.03. The van der Waals surface area contributed by atoms with Gasteiger partial charge in [-0.2, -0.15) is 0 Å². The lowest BCUT2D eigenvalue weighted by Crippen LogP contribution is -2.36. The molecule has 1 unspecified atom stereocenters. The molecule has 0 saturated heterocycles. The summed E-state index contributed by atoms with van der Waals surface area (Å²) in [5, 5.41) is 10.8. The van der Waals surface area contributed by atoms with E-state index in [1.165, 1.54) is 12.1 Å². The van der Waals surface area contributed by atoms with Crippen LogP contribution in [0.1, 0.15) is 50.7 Å². The molecule has 1 aromatic carbocycles. The summed E-state index contributed by atoms with van der Waals surface area (Å²) in [7, 11) is 0. The third kappa shape index (κ3) is 2.68. The predicted octanol–water partition coefficient (Wildman–Crippen LogP) is 3.92. The highest BCUT2D eigenvalue weighted by Crippen LogP contribution is 2.46. The molecule has 2 heteroatoms. The number of halogens is 1. The topological polar surface area (TPSA) is 20.2 Å². The van der Waals surface area contributed by atoms with E-state index in [4.69, 9.17) is 0 Å². The van der Waals surface area contributed by atoms with Crippen LogP contribution < -0.4 is 0 Å². The number of rotatable bonds is 1. The summed E-state index contributed by atoms with van der Waals surface area (Å²) in [6.07, 6.45) is 3.57. The third-order valence-corrected chi connectivity index (χ3v) is 3.79. The van der Waals surface area contributed by atoms with Gasteiger partial charge in [-0.3, -0.25) is 0 Å². The number of hydrogen-bond acceptors (Lipinski definition) is 1. The van der Waals surface area contributed by atoms with Crippen molar-refractivity contribution < 1.29 is 9.50 Å². The minimum atomic E-state index is -0.853. The molecule has 1 aliphatic carbocycles. The molecule has 94 valence electrons. The number of benzene rings is 1. The normalized spacial score (nSPS) is 28.1. The van der Waals surface area contributed by atoms with Gasteiger partial charge in [-0.1, -0.05) is 19.9 Å². The maximum Gasteiger partial charge on any atom is 0.123 e. The van der Waals surface area contributed by atoms with E-state index >= 15 is 0 Å². The van der Waals surface area contributed by atoms with Crippen molar-refractivity contribution in [1.82, 2.24) is 0 Å². The second-order valence-corrected chi connectivity index (χ2v) is 6.24. The van der Waals surface area contributed by atoms with Crippen LogP contribution in [0.15, 0.2) is 18.2 Å². The molecule has 1 fully saturated rings. The lowest BCUT2D eigenvalue weighted by atomic mass is 9.67. The molecule has 17 heavy (non-hydrogen) atoms. The molecule has 0 bridgehead atoms. The summed E-state index contributed by atoms with van der Waals surface area (Å²) in [4.78, 5) is 0. The van der Waals surface area contributed by atoms with Gasteiger partial charge in [-0.25, -0.2) is 4.39 Å². The maximum absolute atomic E-state index is 13.4. The largest absolute Gasteiger partial charge is 0.385 e. The van der Waals surface area contributed by atoms with Crippen molar-refractivity contribution in [3.8, 4) is 0 Å². The molecule has 1 aliphatic rings. The van der Waals surface area contributed by atoms with E-state index in [-0.39, 0.29) is 11.2 Å². The summed E-state index contributed by atoms with van der Waals surface area (Å²) in [5.41, 5.74) is 0.890. The monoisotopic (exact) mass is 236 g/mol. The summed E-state index contributed by atoms with van der Waals surface area (Å²) in [6.45, 7) is 6.20. The first-order valence-electron chi connectivity index (χ1n) is 6.31. The molecule has 0 amide bonds. The van der Waals surface area contributed by atoms with Gasteiger partial charge >= 0.3 is 0 Å². The van der Waals surface area contributed by atoms with E-state index in [1.54, 1.807) is 0 Å². The Morgan fingerprint density at radius 1 is 1.18 bits per heavy atom. The number of aliphatic hydroxyl groups is 1. The summed E-state index contributed by atoms with van der Waals surface area (Å²) < 4.78 is 13.4. The van der Waals surface area contributed by atoms with Gasteiger partial charge in [-0.15, -0.1) is 0 Å². The van der Waals surface area contributed by atoms with Gasteiger partial charge in [0.05, 0.1) is 5.60 Å². The number of hydrogen-bond donors (Lipinski definition) is 1. The van der Waals surface area contributed by atoms with E-state index in [2.05, 4.69) is 13.8 Å². The molecule has 1 N–H and O–H groups in total. The minimum Gasteiger partial charge on any atom is -0.385 e. The summed E-state index contributed by atoms with van der Waals surface area (Å²) >= 11 is 0. The zero-order valence-electron chi connectivity index (χ0n) is 10.9. The molecule has 0 aliphatic heterocycles. The fourth-order valence-corrected chi connectivity index (χ4v) is 3.08. The molecule has 0 radical (unpaired) electrons. The zero-order valence-corrected chi connectivity index (χ0v) is 10.9. The fraction of sp³-hybridized carbons (Fsp3) is 0.600. The quantitative estimate of drug-likeness (QED) is 0.783. The van der Waals surface area contributed by atoms with Crippen LogP contribution in [0.5, 0.6) is 0 Å². The average Bonchev–Trinajstić information content (AvgIpc) is 2.13. The fourth-order valence-electron chi connectivity index (χ4n) is 3.08.